The summed E-state index contributed by atoms with van der Waals surface area (Å²) in [6.45, 7) is 1.65. The number of rotatable bonds is 5. The zero-order valence-corrected chi connectivity index (χ0v) is 13.4. The summed E-state index contributed by atoms with van der Waals surface area (Å²) < 4.78 is 3.84. The summed E-state index contributed by atoms with van der Waals surface area (Å²) in [4.78, 5) is 13.9. The molecule has 0 spiro atoms. The molecule has 0 saturated carbocycles. The third-order valence-corrected chi connectivity index (χ3v) is 4.39. The maximum Gasteiger partial charge on any atom is 0.223 e. The van der Waals surface area contributed by atoms with Crippen molar-refractivity contribution >= 4 is 5.91 Å². The molecule has 1 amide bonds. The highest BCUT2D eigenvalue weighted by Gasteiger charge is 2.38. The number of hydrogen-bond acceptors (Lipinski definition) is 3. The minimum atomic E-state index is 0.115. The second-order valence-corrected chi connectivity index (χ2v) is 6.18. The van der Waals surface area contributed by atoms with Crippen molar-refractivity contribution in [3.63, 3.8) is 0 Å². The first kappa shape index (κ1) is 14.8. The Morgan fingerprint density at radius 2 is 2.14 bits per heavy atom. The summed E-state index contributed by atoms with van der Waals surface area (Å²) >= 11 is 0. The number of likely N-dealkylation sites (tertiary alicyclic amines) is 1. The molecule has 6 nitrogen and oxygen atoms in total. The first-order valence-electron chi connectivity index (χ1n) is 7.60. The third kappa shape index (κ3) is 2.92. The summed E-state index contributed by atoms with van der Waals surface area (Å²) in [6, 6.07) is 2.22. The third-order valence-electron chi connectivity index (χ3n) is 4.39. The van der Waals surface area contributed by atoms with Gasteiger partial charge in [-0.1, -0.05) is 0 Å². The highest BCUT2D eigenvalue weighted by molar-refractivity contribution is 5.79. The number of nitrogens with one attached hydrogen (secondary N) is 1. The molecule has 2 aromatic heterocycles. The van der Waals surface area contributed by atoms with Gasteiger partial charge in [0.05, 0.1) is 12.2 Å². The zero-order chi connectivity index (χ0) is 15.7. The number of amides is 1. The fraction of sp³-hybridized carbons (Fsp3) is 0.500. The minimum Gasteiger partial charge on any atom is -0.357 e. The van der Waals surface area contributed by atoms with Crippen LogP contribution in [0, 0.1) is 5.92 Å². The van der Waals surface area contributed by atoms with E-state index in [0.29, 0.717) is 6.42 Å². The van der Waals surface area contributed by atoms with Gasteiger partial charge in [0.15, 0.2) is 0 Å². The van der Waals surface area contributed by atoms with Crippen LogP contribution in [0.1, 0.15) is 23.6 Å². The van der Waals surface area contributed by atoms with E-state index in [4.69, 9.17) is 0 Å². The van der Waals surface area contributed by atoms with Crippen LogP contribution in [0.5, 0.6) is 0 Å². The number of carbonyl (C=O) groups is 1. The monoisotopic (exact) mass is 301 g/mol. The Kier molecular flexibility index (Phi) is 4.02. The molecule has 6 heteroatoms. The van der Waals surface area contributed by atoms with Crippen LogP contribution < -0.4 is 5.32 Å². The molecule has 2 aromatic rings. The maximum atomic E-state index is 12.1. The van der Waals surface area contributed by atoms with Gasteiger partial charge in [0.1, 0.15) is 0 Å². The Balaban J connectivity index is 1.64. The topological polar surface area (TPSA) is 55.1 Å². The average molecular weight is 301 g/mol. The maximum absolute atomic E-state index is 12.1. The molecule has 0 aliphatic carbocycles. The van der Waals surface area contributed by atoms with E-state index in [0.717, 1.165) is 18.7 Å². The van der Waals surface area contributed by atoms with E-state index in [2.05, 4.69) is 22.7 Å². The molecule has 0 bridgehead atoms. The van der Waals surface area contributed by atoms with Crippen LogP contribution in [-0.4, -0.2) is 38.7 Å². The SMILES string of the molecule is CN1C(=O)C[C@@H](CNCc2ccn(C)c2)[C@@H]1c1cnn(C)c1. The zero-order valence-electron chi connectivity index (χ0n) is 13.4. The van der Waals surface area contributed by atoms with Crippen molar-refractivity contribution in [1.29, 1.82) is 0 Å². The molecule has 1 aliphatic heterocycles. The Morgan fingerprint density at radius 3 is 2.77 bits per heavy atom. The van der Waals surface area contributed by atoms with E-state index < -0.39 is 0 Å². The summed E-state index contributed by atoms with van der Waals surface area (Å²) in [5.74, 6) is 0.491. The lowest BCUT2D eigenvalue weighted by atomic mass is 9.95. The molecule has 0 aromatic carbocycles. The fourth-order valence-corrected chi connectivity index (χ4v) is 3.29. The summed E-state index contributed by atoms with van der Waals surface area (Å²) in [5, 5.41) is 7.73. The Bertz CT molecular complexity index is 659. The van der Waals surface area contributed by atoms with Gasteiger partial charge in [0.2, 0.25) is 5.91 Å². The van der Waals surface area contributed by atoms with Crippen LogP contribution in [0.4, 0.5) is 0 Å². The molecule has 3 heterocycles. The van der Waals surface area contributed by atoms with E-state index in [1.165, 1.54) is 5.56 Å². The van der Waals surface area contributed by atoms with E-state index in [-0.39, 0.29) is 17.9 Å². The second kappa shape index (κ2) is 5.96. The molecule has 118 valence electrons. The standard InChI is InChI=1S/C16H23N5O/c1-19-5-4-12(10-19)7-17-8-13-6-15(22)21(3)16(13)14-9-18-20(2)11-14/h4-5,9-11,13,16-17H,6-8H2,1-3H3/t13-,16+/m0/s1. The molecular formula is C16H23N5O. The van der Waals surface area contributed by atoms with Crippen LogP contribution >= 0.6 is 0 Å². The van der Waals surface area contributed by atoms with Gasteiger partial charge in [-0.25, -0.2) is 0 Å². The van der Waals surface area contributed by atoms with Crippen molar-refractivity contribution in [1.82, 2.24) is 24.6 Å². The van der Waals surface area contributed by atoms with Gasteiger partial charge in [-0.05, 0) is 11.6 Å². The lowest BCUT2D eigenvalue weighted by molar-refractivity contribution is -0.127. The van der Waals surface area contributed by atoms with Crippen molar-refractivity contribution < 1.29 is 4.79 Å². The van der Waals surface area contributed by atoms with Crippen LogP contribution in [0.3, 0.4) is 0 Å². The highest BCUT2D eigenvalue weighted by Crippen LogP contribution is 2.36. The summed E-state index contributed by atoms with van der Waals surface area (Å²) in [5.41, 5.74) is 2.38. The van der Waals surface area contributed by atoms with Crippen molar-refractivity contribution in [2.24, 2.45) is 20.0 Å². The molecule has 0 unspecified atom stereocenters. The lowest BCUT2D eigenvalue weighted by Crippen LogP contribution is -2.28. The van der Waals surface area contributed by atoms with E-state index >= 15 is 0 Å². The molecule has 2 atom stereocenters. The van der Waals surface area contributed by atoms with Crippen molar-refractivity contribution in [2.45, 2.75) is 19.0 Å². The number of nitrogens with zero attached hydrogens (tertiary/aromatic N) is 4. The van der Waals surface area contributed by atoms with Crippen molar-refractivity contribution in [3.05, 3.63) is 42.0 Å². The normalized spacial score (nSPS) is 21.8. The van der Waals surface area contributed by atoms with Crippen LogP contribution in [-0.2, 0) is 25.4 Å². The van der Waals surface area contributed by atoms with E-state index in [9.17, 15) is 4.79 Å². The molecule has 1 aliphatic rings. The minimum absolute atomic E-state index is 0.115. The summed E-state index contributed by atoms with van der Waals surface area (Å²) in [6.07, 6.45) is 8.62. The number of carbonyl (C=O) groups excluding carboxylic acids is 1. The highest BCUT2D eigenvalue weighted by atomic mass is 16.2. The molecule has 3 rings (SSSR count). The number of hydrogen-bond donors (Lipinski definition) is 1. The van der Waals surface area contributed by atoms with Crippen molar-refractivity contribution in [2.75, 3.05) is 13.6 Å². The Labute approximate surface area is 130 Å². The molecule has 1 fully saturated rings. The molecule has 1 N–H and O–H groups in total. The van der Waals surface area contributed by atoms with Gasteiger partial charge in [0, 0.05) is 70.7 Å². The van der Waals surface area contributed by atoms with Gasteiger partial charge in [-0.3, -0.25) is 9.48 Å². The smallest absolute Gasteiger partial charge is 0.223 e. The second-order valence-electron chi connectivity index (χ2n) is 6.18. The Morgan fingerprint density at radius 1 is 1.32 bits per heavy atom. The largest absolute Gasteiger partial charge is 0.357 e. The average Bonchev–Trinajstić information content (AvgIpc) is 3.13. The predicted molar refractivity (Wildman–Crippen MR) is 83.9 cm³/mol. The van der Waals surface area contributed by atoms with E-state index in [1.807, 2.05) is 49.2 Å². The van der Waals surface area contributed by atoms with Gasteiger partial charge in [0.25, 0.3) is 0 Å². The Hall–Kier alpha value is -2.08. The van der Waals surface area contributed by atoms with Gasteiger partial charge < -0.3 is 14.8 Å². The van der Waals surface area contributed by atoms with Crippen LogP contribution in [0.25, 0.3) is 0 Å². The number of aromatic nitrogens is 3. The number of aryl methyl sites for hydroxylation is 2. The van der Waals surface area contributed by atoms with Gasteiger partial charge in [-0.15, -0.1) is 0 Å². The molecule has 0 radical (unpaired) electrons. The lowest BCUT2D eigenvalue weighted by Gasteiger charge is -2.24. The van der Waals surface area contributed by atoms with Gasteiger partial charge in [-0.2, -0.15) is 5.10 Å². The first-order chi connectivity index (χ1) is 10.5. The predicted octanol–water partition coefficient (Wildman–Crippen LogP) is 1.07. The molecule has 22 heavy (non-hydrogen) atoms. The van der Waals surface area contributed by atoms with E-state index in [1.54, 1.807) is 4.68 Å². The quantitative estimate of drug-likeness (QED) is 0.899. The molecule has 1 saturated heterocycles. The van der Waals surface area contributed by atoms with Crippen molar-refractivity contribution in [3.8, 4) is 0 Å². The van der Waals surface area contributed by atoms with Crippen LogP contribution in [0.15, 0.2) is 30.9 Å². The first-order valence-corrected chi connectivity index (χ1v) is 7.60. The van der Waals surface area contributed by atoms with Gasteiger partial charge >= 0.3 is 0 Å². The fourth-order valence-electron chi connectivity index (χ4n) is 3.29. The molecular weight excluding hydrogens is 278 g/mol. The van der Waals surface area contributed by atoms with Crippen LogP contribution in [0.2, 0.25) is 0 Å². The summed E-state index contributed by atoms with van der Waals surface area (Å²) in [7, 11) is 5.81.